The molecule has 0 radical (unpaired) electrons. The van der Waals surface area contributed by atoms with Gasteiger partial charge in [0.15, 0.2) is 5.82 Å². The number of hydrogen-bond acceptors (Lipinski definition) is 4. The smallest absolute Gasteiger partial charge is 0.178 e. The number of hydrogen-bond donors (Lipinski definition) is 0. The van der Waals surface area contributed by atoms with Crippen LogP contribution in [-0.4, -0.2) is 32.2 Å². The van der Waals surface area contributed by atoms with Crippen LogP contribution in [0.2, 0.25) is 0 Å². The molecule has 4 aromatic rings. The molecular formula is C23H22BrN5. The van der Waals surface area contributed by atoms with Crippen LogP contribution in [0.1, 0.15) is 28.6 Å². The predicted octanol–water partition coefficient (Wildman–Crippen LogP) is 4.95. The van der Waals surface area contributed by atoms with Crippen molar-refractivity contribution >= 4 is 15.9 Å². The Labute approximate surface area is 179 Å². The SMILES string of the molecule is Cc1ccccc1-n1nnnc1C(c1ccccc1)N(C)Cc1cccc(Br)c1. The molecule has 1 atom stereocenters. The van der Waals surface area contributed by atoms with Crippen molar-refractivity contribution in [1.29, 1.82) is 0 Å². The molecule has 0 fully saturated rings. The fourth-order valence-electron chi connectivity index (χ4n) is 3.59. The summed E-state index contributed by atoms with van der Waals surface area (Å²) in [5, 5.41) is 12.8. The molecular weight excluding hydrogens is 426 g/mol. The molecule has 0 aliphatic heterocycles. The summed E-state index contributed by atoms with van der Waals surface area (Å²) in [7, 11) is 2.11. The van der Waals surface area contributed by atoms with E-state index in [2.05, 4.69) is 98.9 Å². The first-order valence-corrected chi connectivity index (χ1v) is 10.3. The first kappa shape index (κ1) is 19.5. The van der Waals surface area contributed by atoms with Gasteiger partial charge in [-0.15, -0.1) is 5.10 Å². The average Bonchev–Trinajstić information content (AvgIpc) is 3.18. The summed E-state index contributed by atoms with van der Waals surface area (Å²) in [6.45, 7) is 2.84. The molecule has 0 aliphatic carbocycles. The van der Waals surface area contributed by atoms with Gasteiger partial charge in [0.05, 0.1) is 11.7 Å². The van der Waals surface area contributed by atoms with Crippen LogP contribution in [0.15, 0.2) is 83.3 Å². The van der Waals surface area contributed by atoms with Crippen LogP contribution in [0.25, 0.3) is 5.69 Å². The Morgan fingerprint density at radius 2 is 1.72 bits per heavy atom. The Kier molecular flexibility index (Phi) is 5.83. The maximum atomic E-state index is 4.44. The van der Waals surface area contributed by atoms with Gasteiger partial charge in [-0.25, -0.2) is 0 Å². The lowest BCUT2D eigenvalue weighted by Crippen LogP contribution is -2.28. The van der Waals surface area contributed by atoms with Gasteiger partial charge in [0.1, 0.15) is 0 Å². The van der Waals surface area contributed by atoms with Gasteiger partial charge in [-0.2, -0.15) is 4.68 Å². The zero-order valence-corrected chi connectivity index (χ0v) is 18.0. The van der Waals surface area contributed by atoms with E-state index in [4.69, 9.17) is 0 Å². The quantitative estimate of drug-likeness (QED) is 0.419. The van der Waals surface area contributed by atoms with Gasteiger partial charge in [0, 0.05) is 11.0 Å². The molecule has 0 N–H and O–H groups in total. The number of rotatable bonds is 6. The Morgan fingerprint density at radius 1 is 0.966 bits per heavy atom. The summed E-state index contributed by atoms with van der Waals surface area (Å²) >= 11 is 3.57. The van der Waals surface area contributed by atoms with E-state index in [9.17, 15) is 0 Å². The summed E-state index contributed by atoms with van der Waals surface area (Å²) in [6, 6.07) is 26.8. The van der Waals surface area contributed by atoms with Crippen LogP contribution in [-0.2, 0) is 6.54 Å². The van der Waals surface area contributed by atoms with Gasteiger partial charge in [-0.05, 0) is 59.3 Å². The molecule has 0 amide bonds. The third-order valence-electron chi connectivity index (χ3n) is 4.96. The van der Waals surface area contributed by atoms with E-state index in [1.165, 1.54) is 5.56 Å². The Bertz CT molecular complexity index is 1090. The summed E-state index contributed by atoms with van der Waals surface area (Å²) in [5.74, 6) is 0.794. The van der Waals surface area contributed by atoms with E-state index >= 15 is 0 Å². The van der Waals surface area contributed by atoms with Crippen molar-refractivity contribution in [3.8, 4) is 5.69 Å². The molecule has 1 aromatic heterocycles. The van der Waals surface area contributed by atoms with Crippen molar-refractivity contribution in [2.75, 3.05) is 7.05 Å². The maximum Gasteiger partial charge on any atom is 0.178 e. The average molecular weight is 448 g/mol. The number of halogens is 1. The minimum Gasteiger partial charge on any atom is -0.288 e. The molecule has 6 heteroatoms. The number of aromatic nitrogens is 4. The maximum absolute atomic E-state index is 4.44. The van der Waals surface area contributed by atoms with Gasteiger partial charge < -0.3 is 0 Å². The zero-order chi connectivity index (χ0) is 20.2. The number of para-hydroxylation sites is 1. The third kappa shape index (κ3) is 4.28. The highest BCUT2D eigenvalue weighted by Crippen LogP contribution is 2.29. The van der Waals surface area contributed by atoms with Crippen molar-refractivity contribution in [2.24, 2.45) is 0 Å². The monoisotopic (exact) mass is 447 g/mol. The number of aryl methyl sites for hydroxylation is 1. The van der Waals surface area contributed by atoms with Crippen molar-refractivity contribution in [3.63, 3.8) is 0 Å². The van der Waals surface area contributed by atoms with Crippen LogP contribution in [0, 0.1) is 6.92 Å². The number of nitrogens with zero attached hydrogens (tertiary/aromatic N) is 5. The fraction of sp³-hybridized carbons (Fsp3) is 0.174. The predicted molar refractivity (Wildman–Crippen MR) is 118 cm³/mol. The van der Waals surface area contributed by atoms with Crippen LogP contribution >= 0.6 is 15.9 Å². The van der Waals surface area contributed by atoms with Crippen LogP contribution in [0.5, 0.6) is 0 Å². The molecule has 3 aromatic carbocycles. The molecule has 0 saturated carbocycles. The third-order valence-corrected chi connectivity index (χ3v) is 5.45. The second-order valence-electron chi connectivity index (χ2n) is 7.09. The molecule has 1 heterocycles. The van der Waals surface area contributed by atoms with Gasteiger partial charge in [0.25, 0.3) is 0 Å². The number of tetrazole rings is 1. The zero-order valence-electron chi connectivity index (χ0n) is 16.4. The largest absolute Gasteiger partial charge is 0.288 e. The molecule has 1 unspecified atom stereocenters. The minimum absolute atomic E-state index is 0.0928. The van der Waals surface area contributed by atoms with Gasteiger partial charge in [-0.1, -0.05) is 76.6 Å². The van der Waals surface area contributed by atoms with E-state index in [1.807, 2.05) is 35.0 Å². The molecule has 4 rings (SSSR count). The van der Waals surface area contributed by atoms with Gasteiger partial charge >= 0.3 is 0 Å². The van der Waals surface area contributed by atoms with Crippen LogP contribution in [0.4, 0.5) is 0 Å². The summed E-state index contributed by atoms with van der Waals surface area (Å²) in [6.07, 6.45) is 0. The van der Waals surface area contributed by atoms with E-state index in [0.29, 0.717) is 0 Å². The lowest BCUT2D eigenvalue weighted by Gasteiger charge is -2.28. The topological polar surface area (TPSA) is 46.8 Å². The van der Waals surface area contributed by atoms with Crippen LogP contribution in [0.3, 0.4) is 0 Å². The van der Waals surface area contributed by atoms with Gasteiger partial charge in [-0.3, -0.25) is 4.90 Å². The molecule has 29 heavy (non-hydrogen) atoms. The van der Waals surface area contributed by atoms with Gasteiger partial charge in [0.2, 0.25) is 0 Å². The highest BCUT2D eigenvalue weighted by molar-refractivity contribution is 9.10. The van der Waals surface area contributed by atoms with E-state index in [0.717, 1.165) is 33.7 Å². The summed E-state index contributed by atoms with van der Waals surface area (Å²) < 4.78 is 2.93. The Hall–Kier alpha value is -2.83. The molecule has 0 spiro atoms. The first-order valence-electron chi connectivity index (χ1n) is 9.47. The Morgan fingerprint density at radius 3 is 2.48 bits per heavy atom. The highest BCUT2D eigenvalue weighted by Gasteiger charge is 2.26. The normalized spacial score (nSPS) is 12.3. The summed E-state index contributed by atoms with van der Waals surface area (Å²) in [4.78, 5) is 2.28. The second-order valence-corrected chi connectivity index (χ2v) is 8.01. The van der Waals surface area contributed by atoms with Crippen LogP contribution < -0.4 is 0 Å². The second kappa shape index (κ2) is 8.68. The van der Waals surface area contributed by atoms with Crippen molar-refractivity contribution in [3.05, 3.63) is 106 Å². The Balaban J connectivity index is 1.77. The van der Waals surface area contributed by atoms with E-state index in [-0.39, 0.29) is 6.04 Å². The van der Waals surface area contributed by atoms with Crippen molar-refractivity contribution < 1.29 is 0 Å². The highest BCUT2D eigenvalue weighted by atomic mass is 79.9. The van der Waals surface area contributed by atoms with E-state index < -0.39 is 0 Å². The molecule has 0 saturated heterocycles. The summed E-state index contributed by atoms with van der Waals surface area (Å²) in [5.41, 5.74) is 4.49. The number of benzene rings is 3. The van der Waals surface area contributed by atoms with Crippen molar-refractivity contribution in [2.45, 2.75) is 19.5 Å². The molecule has 0 bridgehead atoms. The van der Waals surface area contributed by atoms with Crippen molar-refractivity contribution in [1.82, 2.24) is 25.1 Å². The van der Waals surface area contributed by atoms with E-state index in [1.54, 1.807) is 0 Å². The molecule has 0 aliphatic rings. The standard InChI is InChI=1S/C23H22BrN5/c1-17-9-6-7-14-21(17)29-23(25-26-27-29)22(19-11-4-3-5-12-19)28(2)16-18-10-8-13-20(24)15-18/h3-15,22H,16H2,1-2H3. The molecule has 146 valence electrons. The lowest BCUT2D eigenvalue weighted by molar-refractivity contribution is 0.258. The fourth-order valence-corrected chi connectivity index (χ4v) is 4.03. The molecule has 5 nitrogen and oxygen atoms in total. The lowest BCUT2D eigenvalue weighted by atomic mass is 10.0. The minimum atomic E-state index is -0.0928. The first-order chi connectivity index (χ1) is 14.1.